The minimum Gasteiger partial charge on any atom is -0.448 e. The highest BCUT2D eigenvalue weighted by molar-refractivity contribution is 5.92. The molecular weight excluding hydrogens is 346 g/mol. The molecule has 0 bridgehead atoms. The Morgan fingerprint density at radius 1 is 1.15 bits per heavy atom. The minimum absolute atomic E-state index is 0.0456. The molecule has 1 amide bonds. The van der Waals surface area contributed by atoms with Gasteiger partial charge >= 0.3 is 0 Å². The Morgan fingerprint density at radius 3 is 2.59 bits per heavy atom. The number of oxazole rings is 1. The summed E-state index contributed by atoms with van der Waals surface area (Å²) in [6.07, 6.45) is 6.60. The predicted octanol–water partition coefficient (Wildman–Crippen LogP) is 1.17. The predicted molar refractivity (Wildman–Crippen MR) is 95.5 cm³/mol. The van der Waals surface area contributed by atoms with Gasteiger partial charge in [0.1, 0.15) is 18.4 Å². The Labute approximate surface area is 155 Å². The number of rotatable bonds is 3. The van der Waals surface area contributed by atoms with Crippen LogP contribution in [0.25, 0.3) is 5.82 Å². The van der Waals surface area contributed by atoms with Crippen molar-refractivity contribution in [3.63, 3.8) is 0 Å². The van der Waals surface area contributed by atoms with E-state index in [2.05, 4.69) is 25.0 Å². The van der Waals surface area contributed by atoms with Crippen LogP contribution in [0, 0.1) is 18.8 Å². The van der Waals surface area contributed by atoms with Gasteiger partial charge in [0, 0.05) is 63.4 Å². The topological polar surface area (TPSA) is 93.2 Å². The summed E-state index contributed by atoms with van der Waals surface area (Å²) in [6.45, 7) is 4.97. The van der Waals surface area contributed by atoms with Gasteiger partial charge in [-0.05, 0) is 6.07 Å². The van der Waals surface area contributed by atoms with Gasteiger partial charge in [-0.25, -0.2) is 19.6 Å². The molecule has 3 aromatic rings. The van der Waals surface area contributed by atoms with Crippen LogP contribution in [0.3, 0.4) is 0 Å². The first kappa shape index (κ1) is 16.0. The normalized spacial score (nSPS) is 21.7. The van der Waals surface area contributed by atoms with Gasteiger partial charge in [-0.1, -0.05) is 0 Å². The van der Waals surface area contributed by atoms with E-state index in [1.54, 1.807) is 24.1 Å². The summed E-state index contributed by atoms with van der Waals surface area (Å²) in [4.78, 5) is 29.6. The van der Waals surface area contributed by atoms with Crippen molar-refractivity contribution in [2.24, 2.45) is 11.8 Å². The van der Waals surface area contributed by atoms with E-state index in [1.807, 2.05) is 23.2 Å². The molecule has 9 nitrogen and oxygen atoms in total. The fraction of sp³-hybridized carbons (Fsp3) is 0.389. The molecule has 0 aromatic carbocycles. The first-order chi connectivity index (χ1) is 13.2. The Balaban J connectivity index is 1.28. The number of carbonyl (C=O) groups is 1. The highest BCUT2D eigenvalue weighted by Crippen LogP contribution is 2.34. The zero-order chi connectivity index (χ0) is 18.4. The van der Waals surface area contributed by atoms with E-state index in [4.69, 9.17) is 4.42 Å². The smallest absolute Gasteiger partial charge is 0.275 e. The molecule has 138 valence electrons. The first-order valence-electron chi connectivity index (χ1n) is 8.96. The highest BCUT2D eigenvalue weighted by atomic mass is 16.3. The van der Waals surface area contributed by atoms with Gasteiger partial charge in [-0.15, -0.1) is 0 Å². The van der Waals surface area contributed by atoms with E-state index in [9.17, 15) is 4.79 Å². The van der Waals surface area contributed by atoms with Crippen LogP contribution in [0.1, 0.15) is 16.4 Å². The summed E-state index contributed by atoms with van der Waals surface area (Å²) in [5.74, 6) is 2.99. The van der Waals surface area contributed by atoms with Crippen molar-refractivity contribution in [3.8, 4) is 5.82 Å². The van der Waals surface area contributed by atoms with Crippen molar-refractivity contribution in [3.05, 3.63) is 48.7 Å². The lowest BCUT2D eigenvalue weighted by Crippen LogP contribution is -2.33. The third-order valence-electron chi connectivity index (χ3n) is 5.31. The Morgan fingerprint density at radius 2 is 1.93 bits per heavy atom. The van der Waals surface area contributed by atoms with Crippen molar-refractivity contribution < 1.29 is 9.21 Å². The van der Waals surface area contributed by atoms with Crippen LogP contribution in [-0.4, -0.2) is 61.7 Å². The van der Waals surface area contributed by atoms with Crippen molar-refractivity contribution >= 4 is 11.7 Å². The number of fused-ring (bicyclic) bond motifs is 1. The molecule has 9 heteroatoms. The van der Waals surface area contributed by atoms with Gasteiger partial charge < -0.3 is 14.2 Å². The van der Waals surface area contributed by atoms with E-state index in [0.717, 1.165) is 37.8 Å². The average Bonchev–Trinajstić information content (AvgIpc) is 3.44. The molecular formula is C18H19N7O2. The second-order valence-corrected chi connectivity index (χ2v) is 7.07. The molecule has 0 spiro atoms. The van der Waals surface area contributed by atoms with E-state index in [0.29, 0.717) is 23.4 Å². The van der Waals surface area contributed by atoms with Crippen LogP contribution in [0.15, 0.2) is 41.5 Å². The molecule has 27 heavy (non-hydrogen) atoms. The number of hydrogen-bond acceptors (Lipinski definition) is 7. The third-order valence-corrected chi connectivity index (χ3v) is 5.31. The van der Waals surface area contributed by atoms with Crippen molar-refractivity contribution in [1.29, 1.82) is 0 Å². The maximum absolute atomic E-state index is 12.6. The molecule has 3 aromatic heterocycles. The number of nitrogens with zero attached hydrogens (tertiary/aromatic N) is 7. The van der Waals surface area contributed by atoms with Crippen LogP contribution >= 0.6 is 0 Å². The molecule has 2 aliphatic rings. The van der Waals surface area contributed by atoms with Crippen molar-refractivity contribution in [1.82, 2.24) is 29.6 Å². The molecule has 2 saturated heterocycles. The Kier molecular flexibility index (Phi) is 3.66. The summed E-state index contributed by atoms with van der Waals surface area (Å²) in [6, 6.07) is 3.82. The van der Waals surface area contributed by atoms with Crippen LogP contribution in [0.2, 0.25) is 0 Å². The fourth-order valence-corrected chi connectivity index (χ4v) is 4.01. The molecule has 5 rings (SSSR count). The maximum Gasteiger partial charge on any atom is 0.275 e. The average molecular weight is 365 g/mol. The van der Waals surface area contributed by atoms with E-state index >= 15 is 0 Å². The Hall–Kier alpha value is -3.23. The number of amides is 1. The molecule has 0 radical (unpaired) electrons. The number of aryl methyl sites for hydroxylation is 1. The zero-order valence-corrected chi connectivity index (χ0v) is 14.9. The summed E-state index contributed by atoms with van der Waals surface area (Å²) in [7, 11) is 0. The van der Waals surface area contributed by atoms with Gasteiger partial charge in [0.15, 0.2) is 17.4 Å². The zero-order valence-electron chi connectivity index (χ0n) is 14.9. The number of anilines is 1. The molecule has 2 aliphatic heterocycles. The van der Waals surface area contributed by atoms with E-state index in [-0.39, 0.29) is 5.91 Å². The molecule has 2 atom stereocenters. The molecule has 5 heterocycles. The maximum atomic E-state index is 12.6. The van der Waals surface area contributed by atoms with E-state index < -0.39 is 0 Å². The highest BCUT2D eigenvalue weighted by Gasteiger charge is 2.42. The number of hydrogen-bond donors (Lipinski definition) is 0. The summed E-state index contributed by atoms with van der Waals surface area (Å²) >= 11 is 0. The van der Waals surface area contributed by atoms with Crippen molar-refractivity contribution in [2.45, 2.75) is 6.92 Å². The third kappa shape index (κ3) is 2.84. The van der Waals surface area contributed by atoms with Crippen LogP contribution in [-0.2, 0) is 0 Å². The largest absolute Gasteiger partial charge is 0.448 e. The fourth-order valence-electron chi connectivity index (χ4n) is 4.01. The molecule has 2 unspecified atom stereocenters. The second-order valence-electron chi connectivity index (χ2n) is 7.07. The quantitative estimate of drug-likeness (QED) is 0.688. The van der Waals surface area contributed by atoms with Crippen molar-refractivity contribution in [2.75, 3.05) is 31.1 Å². The van der Waals surface area contributed by atoms with Crippen LogP contribution in [0.5, 0.6) is 0 Å². The lowest BCUT2D eigenvalue weighted by molar-refractivity contribution is 0.0776. The van der Waals surface area contributed by atoms with Crippen LogP contribution in [0.4, 0.5) is 5.82 Å². The molecule has 0 aliphatic carbocycles. The molecule has 2 fully saturated rings. The van der Waals surface area contributed by atoms with Gasteiger partial charge in [-0.3, -0.25) is 4.79 Å². The first-order valence-corrected chi connectivity index (χ1v) is 8.96. The second kappa shape index (κ2) is 6.19. The minimum atomic E-state index is -0.0456. The number of likely N-dealkylation sites (tertiary alicyclic amines) is 1. The standard InChI is InChI=1S/C18H19N7O2/c1-12-22-15(10-27-12)18(26)24-8-13-6-23(7-14(13)9-24)16-5-17(20-11-19-16)25-4-2-3-21-25/h2-5,10-11,13-14H,6-9H2,1H3. The molecule has 0 N–H and O–H groups in total. The number of aromatic nitrogens is 5. The Bertz CT molecular complexity index is 954. The number of carbonyl (C=O) groups excluding carboxylic acids is 1. The van der Waals surface area contributed by atoms with Gasteiger partial charge in [0.2, 0.25) is 0 Å². The summed E-state index contributed by atoms with van der Waals surface area (Å²) in [5, 5.41) is 4.22. The summed E-state index contributed by atoms with van der Waals surface area (Å²) in [5.41, 5.74) is 0.393. The lowest BCUT2D eigenvalue weighted by atomic mass is 10.0. The monoisotopic (exact) mass is 365 g/mol. The SMILES string of the molecule is Cc1nc(C(=O)N2CC3CN(c4cc(-n5cccn5)ncn4)CC3C2)co1. The lowest BCUT2D eigenvalue weighted by Gasteiger charge is -2.22. The van der Waals surface area contributed by atoms with Gasteiger partial charge in [-0.2, -0.15) is 5.10 Å². The van der Waals surface area contributed by atoms with E-state index in [1.165, 1.54) is 6.26 Å². The van der Waals surface area contributed by atoms with Crippen LogP contribution < -0.4 is 4.90 Å². The summed E-state index contributed by atoms with van der Waals surface area (Å²) < 4.78 is 6.89. The molecule has 0 saturated carbocycles. The van der Waals surface area contributed by atoms with Gasteiger partial charge in [0.05, 0.1) is 0 Å². The van der Waals surface area contributed by atoms with Gasteiger partial charge in [0.25, 0.3) is 5.91 Å².